The second-order valence-corrected chi connectivity index (χ2v) is 33.1. The highest BCUT2D eigenvalue weighted by Crippen LogP contribution is 2.40. The van der Waals surface area contributed by atoms with Crippen LogP contribution in [0.2, 0.25) is 0 Å². The molecule has 0 amide bonds. The van der Waals surface area contributed by atoms with Gasteiger partial charge < -0.3 is 33.7 Å². The lowest BCUT2D eigenvalue weighted by Crippen LogP contribution is -2.56. The van der Waals surface area contributed by atoms with Crippen LogP contribution in [0.1, 0.15) is 44.5 Å². The topological polar surface area (TPSA) is 22.7 Å². The third-order valence-corrected chi connectivity index (χ3v) is 25.8. The molecule has 14 aliphatic rings. The Morgan fingerprint density at radius 3 is 1.33 bits per heavy atom. The van der Waals surface area contributed by atoms with E-state index >= 15 is 0 Å². The SMILES string of the molecule is C1=CB2C=Cc3cc4ccccc4cc3N2C=C1.C1=CB2C=Cc3ccc4ccccc4c3N2C=C1.C1=CB2c3c(ccc4ccccc34)C=CN2C=C1.C1=CB2c3cc4ccccc4cc3C=CN2C=C1.C1=CB2c3ccccc3-c3ccccc3N2C=C1.C1=CN2C=Cc3ccccc3B2c2ccccc21.C1=Cc2ccccc2N2C=Cc3ccccc3B12. The molecule has 588 valence electrons. The molecule has 14 heteroatoms. The van der Waals surface area contributed by atoms with E-state index in [9.17, 15) is 0 Å². The maximum Gasteiger partial charge on any atom is 0.328 e. The fourth-order valence-electron chi connectivity index (χ4n) is 19.7. The Labute approximate surface area is 741 Å². The molecule has 0 unspecified atom stereocenters. The Kier molecular flexibility index (Phi) is 20.7. The highest BCUT2D eigenvalue weighted by Gasteiger charge is 2.37. The Hall–Kier alpha value is -15.5. The Morgan fingerprint density at radius 2 is 0.627 bits per heavy atom. The van der Waals surface area contributed by atoms with Crippen molar-refractivity contribution in [1.29, 1.82) is 0 Å². The quantitative estimate of drug-likeness (QED) is 0.139. The average Bonchev–Trinajstić information content (AvgIpc) is 0.730. The van der Waals surface area contributed by atoms with Crippen molar-refractivity contribution in [2.75, 3.05) is 19.2 Å². The van der Waals surface area contributed by atoms with E-state index in [-0.39, 0.29) is 0 Å². The van der Waals surface area contributed by atoms with Gasteiger partial charge in [0.1, 0.15) is 0 Å². The Bertz CT molecular complexity index is 6820. The van der Waals surface area contributed by atoms with E-state index in [1.807, 2.05) is 0 Å². The lowest BCUT2D eigenvalue weighted by Gasteiger charge is -2.35. The van der Waals surface area contributed by atoms with Crippen LogP contribution in [0.3, 0.4) is 0 Å². The van der Waals surface area contributed by atoms with Crippen LogP contribution in [0.15, 0.2) is 462 Å². The average molecular weight is 1600 g/mol. The number of benzene rings is 14. The number of nitrogens with zero attached hydrogens (tertiary/aromatic N) is 7. The molecule has 0 N–H and O–H groups in total. The molecule has 14 aliphatic heterocycles. The van der Waals surface area contributed by atoms with Crippen LogP contribution in [0.25, 0.3) is 103 Å². The highest BCUT2D eigenvalue weighted by molar-refractivity contribution is 6.86. The molecule has 0 saturated carbocycles. The summed E-state index contributed by atoms with van der Waals surface area (Å²) >= 11 is 0. The number of hydrogen-bond donors (Lipinski definition) is 0. The van der Waals surface area contributed by atoms with Crippen LogP contribution in [-0.2, 0) is 0 Å². The molecule has 0 atom stereocenters. The molecule has 0 aromatic heterocycles. The normalized spacial score (nSPS) is 15.6. The first-order valence-corrected chi connectivity index (χ1v) is 43.8. The summed E-state index contributed by atoms with van der Waals surface area (Å²) in [4.78, 5) is 16.1. The van der Waals surface area contributed by atoms with Gasteiger partial charge in [0, 0.05) is 33.7 Å². The summed E-state index contributed by atoms with van der Waals surface area (Å²) in [7, 11) is 0. The molecule has 0 saturated heterocycles. The zero-order chi connectivity index (χ0) is 83.6. The number of hydrogen-bond acceptors (Lipinski definition) is 7. The summed E-state index contributed by atoms with van der Waals surface area (Å²) in [6.07, 6.45) is 60.3. The third-order valence-electron chi connectivity index (χ3n) is 25.8. The van der Waals surface area contributed by atoms with Gasteiger partial charge in [-0.2, -0.15) is 0 Å². The van der Waals surface area contributed by atoms with Crippen molar-refractivity contribution in [2.24, 2.45) is 0 Å². The van der Waals surface area contributed by atoms with Crippen molar-refractivity contribution in [1.82, 2.24) is 14.4 Å². The van der Waals surface area contributed by atoms with Crippen molar-refractivity contribution < 1.29 is 0 Å². The first-order chi connectivity index (χ1) is 62.5. The molecule has 14 aromatic rings. The standard InChI is InChI=1S/7C16H12BN/c1-3-9-15-13(7-1)14-8-2-4-10-16(14)18-12-6-5-11-17(15)18;1-3-7-15-13(5-1)10-12-18-16-8-4-2-6-14(16)9-11-17(15)18;1-3-7-15-13(5-1)9-11-18-12-10-14-6-2-4-8-16(14)17(15)18;1-2-6-15-13(5-1)7-8-14-9-11-17-10-3-4-12-18(17)16(14)15;1-2-6-15-13(5-1)7-8-14-9-12-18-11-4-3-10-17(18)16(14)15;1-2-6-14-12-16-15(11-13(14)5-1)7-9-17-8-3-4-10-18(16)17;1-2-6-14-12-16-15(11-13(14)5-1)7-10-18-9-4-3-8-17(16)18/h7*1-12H. The summed E-state index contributed by atoms with van der Waals surface area (Å²) in [5.74, 6) is 18.0. The van der Waals surface area contributed by atoms with Crippen molar-refractivity contribution in [3.8, 4) is 11.1 Å². The van der Waals surface area contributed by atoms with Gasteiger partial charge in [0.25, 0.3) is 0 Å². The molecule has 0 radical (unpaired) electrons. The lowest BCUT2D eigenvalue weighted by atomic mass is 9.45. The predicted octanol–water partition coefficient (Wildman–Crippen LogP) is 21.5. The van der Waals surface area contributed by atoms with Gasteiger partial charge in [-0.3, -0.25) is 0 Å². The van der Waals surface area contributed by atoms with Gasteiger partial charge in [-0.25, -0.2) is 0 Å². The maximum absolute atomic E-state index is 2.34. The van der Waals surface area contributed by atoms with Crippen molar-refractivity contribution in [3.05, 3.63) is 506 Å². The Balaban J connectivity index is 0.0000000870. The highest BCUT2D eigenvalue weighted by atomic mass is 15.1. The fraction of sp³-hybridized carbons (Fsp3) is 0. The molecule has 0 spiro atoms. The second kappa shape index (κ2) is 34.1. The van der Waals surface area contributed by atoms with E-state index in [1.165, 1.54) is 154 Å². The van der Waals surface area contributed by atoms with Crippen LogP contribution in [0, 0.1) is 0 Å². The minimum absolute atomic E-state index is 0.326. The van der Waals surface area contributed by atoms with E-state index in [0.29, 0.717) is 47.9 Å². The Morgan fingerprint density at radius 1 is 0.190 bits per heavy atom. The first-order valence-electron chi connectivity index (χ1n) is 43.8. The fourth-order valence-corrected chi connectivity index (χ4v) is 19.7. The van der Waals surface area contributed by atoms with Gasteiger partial charge in [0.15, 0.2) is 0 Å². The molecule has 7 nitrogen and oxygen atoms in total. The van der Waals surface area contributed by atoms with Gasteiger partial charge in [0.2, 0.25) is 0 Å². The number of anilines is 4. The van der Waals surface area contributed by atoms with E-state index < -0.39 is 0 Å². The van der Waals surface area contributed by atoms with Gasteiger partial charge in [0.05, 0.1) is 0 Å². The van der Waals surface area contributed by atoms with Gasteiger partial charge >= 0.3 is 47.9 Å². The van der Waals surface area contributed by atoms with E-state index in [2.05, 4.69) is 544 Å². The van der Waals surface area contributed by atoms with Crippen molar-refractivity contribution in [2.45, 2.75) is 0 Å². The van der Waals surface area contributed by atoms with E-state index in [4.69, 9.17) is 0 Å². The van der Waals surface area contributed by atoms with Crippen LogP contribution < -0.4 is 52.0 Å². The third kappa shape index (κ3) is 14.8. The van der Waals surface area contributed by atoms with Gasteiger partial charge in [-0.1, -0.05) is 357 Å². The van der Waals surface area contributed by atoms with Crippen LogP contribution in [0.4, 0.5) is 22.7 Å². The summed E-state index contributed by atoms with van der Waals surface area (Å²) < 4.78 is 0. The van der Waals surface area contributed by atoms with Crippen molar-refractivity contribution in [3.63, 3.8) is 0 Å². The number of allylic oxidation sites excluding steroid dienone is 10. The predicted molar refractivity (Wildman–Crippen MR) is 551 cm³/mol. The molecule has 14 heterocycles. The molecular formula is C112H84B7N7. The summed E-state index contributed by atoms with van der Waals surface area (Å²) in [6, 6.07) is 104. The molecule has 28 rings (SSSR count). The first kappa shape index (κ1) is 76.6. The van der Waals surface area contributed by atoms with Gasteiger partial charge in [-0.15, -0.1) is 0 Å². The smallest absolute Gasteiger partial charge is 0.328 e. The van der Waals surface area contributed by atoms with Crippen LogP contribution >= 0.6 is 0 Å². The summed E-state index contributed by atoms with van der Waals surface area (Å²) in [6.45, 7) is 2.40. The zero-order valence-corrected chi connectivity index (χ0v) is 69.7. The maximum atomic E-state index is 2.34. The monoisotopic (exact) mass is 1600 g/mol. The molecule has 0 bridgehead atoms. The van der Waals surface area contributed by atoms with Crippen LogP contribution in [0.5, 0.6) is 0 Å². The number of rotatable bonds is 0. The summed E-state index contributed by atoms with van der Waals surface area (Å²) in [5, 5.41) is 10.5. The van der Waals surface area contributed by atoms with E-state index in [0.717, 1.165) is 0 Å². The minimum Gasteiger partial charge on any atom is -0.389 e. The van der Waals surface area contributed by atoms with Crippen LogP contribution in [-0.4, -0.2) is 62.4 Å². The van der Waals surface area contributed by atoms with Gasteiger partial charge in [-0.05, 0) is 274 Å². The lowest BCUT2D eigenvalue weighted by molar-refractivity contribution is 0.797. The van der Waals surface area contributed by atoms with Crippen molar-refractivity contribution >= 4 is 195 Å². The molecule has 0 aliphatic carbocycles. The second-order valence-electron chi connectivity index (χ2n) is 33.1. The summed E-state index contributed by atoms with van der Waals surface area (Å²) in [5.41, 5.74) is 26.7. The largest absolute Gasteiger partial charge is 0.389 e. The van der Waals surface area contributed by atoms with E-state index in [1.54, 1.807) is 0 Å². The molecule has 0 fully saturated rings. The zero-order valence-electron chi connectivity index (χ0n) is 69.7. The molecule has 14 aromatic carbocycles. The number of fused-ring (bicyclic) bond motifs is 34. The minimum atomic E-state index is 0.326. The molecular weight excluding hydrogens is 1520 g/mol. The molecule has 126 heavy (non-hydrogen) atoms. The number of para-hydroxylation sites is 2.